The number of amides is 1. The van der Waals surface area contributed by atoms with E-state index in [1.807, 2.05) is 19.9 Å². The Morgan fingerprint density at radius 2 is 1.96 bits per heavy atom. The summed E-state index contributed by atoms with van der Waals surface area (Å²) in [7, 11) is 0. The van der Waals surface area contributed by atoms with E-state index in [9.17, 15) is 9.90 Å². The first-order valence-electron chi connectivity index (χ1n) is 9.27. The van der Waals surface area contributed by atoms with Gasteiger partial charge in [0, 0.05) is 11.7 Å². The number of hydrogen-bond donors (Lipinski definition) is 2. The van der Waals surface area contributed by atoms with Crippen LogP contribution in [-0.2, 0) is 11.3 Å². The summed E-state index contributed by atoms with van der Waals surface area (Å²) in [5.74, 6) is -0.0627. The first-order valence-corrected chi connectivity index (χ1v) is 9.27. The van der Waals surface area contributed by atoms with E-state index in [0.717, 1.165) is 50.2 Å². The summed E-state index contributed by atoms with van der Waals surface area (Å²) in [6, 6.07) is 2.01. The van der Waals surface area contributed by atoms with Crippen LogP contribution in [0.1, 0.15) is 49.9 Å². The number of hydrogen-bond acceptors (Lipinski definition) is 4. The van der Waals surface area contributed by atoms with Crippen LogP contribution in [0.5, 0.6) is 0 Å². The van der Waals surface area contributed by atoms with Crippen molar-refractivity contribution in [1.82, 2.24) is 20.0 Å². The van der Waals surface area contributed by atoms with E-state index in [1.54, 1.807) is 4.68 Å². The molecule has 24 heavy (non-hydrogen) atoms. The zero-order chi connectivity index (χ0) is 17.1. The van der Waals surface area contributed by atoms with Gasteiger partial charge >= 0.3 is 0 Å². The van der Waals surface area contributed by atoms with Crippen molar-refractivity contribution < 1.29 is 9.90 Å². The number of rotatable bonds is 4. The molecule has 1 saturated carbocycles. The van der Waals surface area contributed by atoms with Crippen molar-refractivity contribution in [3.63, 3.8) is 0 Å². The lowest BCUT2D eigenvalue weighted by Gasteiger charge is -2.34. The van der Waals surface area contributed by atoms with Gasteiger partial charge in [0.25, 0.3) is 0 Å². The fourth-order valence-corrected chi connectivity index (χ4v) is 4.18. The molecular weight excluding hydrogens is 304 g/mol. The third-order valence-corrected chi connectivity index (χ3v) is 5.42. The Labute approximate surface area is 144 Å². The first-order chi connectivity index (χ1) is 11.5. The second-order valence-corrected chi connectivity index (χ2v) is 7.34. The summed E-state index contributed by atoms with van der Waals surface area (Å²) in [5.41, 5.74) is 1.91. The molecule has 1 saturated heterocycles. The molecule has 134 valence electrons. The molecule has 0 radical (unpaired) electrons. The van der Waals surface area contributed by atoms with Gasteiger partial charge in [-0.2, -0.15) is 5.10 Å². The quantitative estimate of drug-likeness (QED) is 0.816. The summed E-state index contributed by atoms with van der Waals surface area (Å²) in [6.07, 6.45) is 6.04. The van der Waals surface area contributed by atoms with Crippen LogP contribution in [0.15, 0.2) is 6.07 Å². The summed E-state index contributed by atoms with van der Waals surface area (Å²) in [6.45, 7) is 6.26. The second-order valence-electron chi connectivity index (χ2n) is 7.34. The summed E-state index contributed by atoms with van der Waals surface area (Å²) in [5, 5.41) is 18.3. The van der Waals surface area contributed by atoms with Crippen LogP contribution in [0.3, 0.4) is 0 Å². The van der Waals surface area contributed by atoms with Gasteiger partial charge in [-0.15, -0.1) is 0 Å². The molecular formula is C18H30N4O2. The standard InChI is InChI=1S/C18H30N4O2/c1-13-11-14(2)22(20-13)12-17(23)19-15-7-3-4-8-16(18(15)24)21-9-5-6-10-21/h11,15-16,18,24H,3-10,12H2,1-2H3,(H,19,23)/t15-,16-,18-/m1/s1. The number of nitrogens with zero attached hydrogens (tertiary/aromatic N) is 3. The van der Waals surface area contributed by atoms with Gasteiger partial charge in [-0.3, -0.25) is 14.4 Å². The lowest BCUT2D eigenvalue weighted by atomic mass is 10.0. The highest BCUT2D eigenvalue weighted by atomic mass is 16.3. The number of aromatic nitrogens is 2. The Bertz CT molecular complexity index is 565. The zero-order valence-electron chi connectivity index (χ0n) is 14.9. The molecule has 0 unspecified atom stereocenters. The number of carbonyl (C=O) groups excluding carboxylic acids is 1. The van der Waals surface area contributed by atoms with Crippen molar-refractivity contribution in [1.29, 1.82) is 0 Å². The van der Waals surface area contributed by atoms with Gasteiger partial charge in [0.2, 0.25) is 5.91 Å². The SMILES string of the molecule is Cc1cc(C)n(CC(=O)N[C@@H]2CCCC[C@@H](N3CCCC3)[C@@H]2O)n1. The number of aryl methyl sites for hydroxylation is 2. The van der Waals surface area contributed by atoms with Gasteiger partial charge in [0.05, 0.1) is 17.8 Å². The summed E-state index contributed by atoms with van der Waals surface area (Å²) < 4.78 is 1.73. The van der Waals surface area contributed by atoms with Crippen molar-refractivity contribution >= 4 is 5.91 Å². The predicted molar refractivity (Wildman–Crippen MR) is 92.7 cm³/mol. The Kier molecular flexibility index (Phi) is 5.56. The lowest BCUT2D eigenvalue weighted by Crippen LogP contribution is -2.53. The van der Waals surface area contributed by atoms with Gasteiger partial charge in [-0.05, 0) is 58.7 Å². The Balaban J connectivity index is 1.61. The van der Waals surface area contributed by atoms with E-state index >= 15 is 0 Å². The topological polar surface area (TPSA) is 70.4 Å². The largest absolute Gasteiger partial charge is 0.389 e. The molecule has 2 N–H and O–H groups in total. The molecule has 6 nitrogen and oxygen atoms in total. The van der Waals surface area contributed by atoms with Crippen LogP contribution in [0.4, 0.5) is 0 Å². The Morgan fingerprint density at radius 3 is 2.62 bits per heavy atom. The predicted octanol–water partition coefficient (Wildman–Crippen LogP) is 1.38. The lowest BCUT2D eigenvalue weighted by molar-refractivity contribution is -0.123. The van der Waals surface area contributed by atoms with Crippen LogP contribution in [0.2, 0.25) is 0 Å². The molecule has 0 spiro atoms. The summed E-state index contributed by atoms with van der Waals surface area (Å²) >= 11 is 0. The molecule has 1 aromatic heterocycles. The maximum atomic E-state index is 12.4. The third kappa shape index (κ3) is 3.98. The van der Waals surface area contributed by atoms with Crippen LogP contribution in [0, 0.1) is 13.8 Å². The number of aliphatic hydroxyl groups is 1. The van der Waals surface area contributed by atoms with Crippen molar-refractivity contribution in [3.05, 3.63) is 17.5 Å². The van der Waals surface area contributed by atoms with Crippen LogP contribution in [-0.4, -0.2) is 57.0 Å². The molecule has 0 aromatic carbocycles. The molecule has 2 heterocycles. The molecule has 1 aliphatic heterocycles. The normalized spacial score (nSPS) is 28.7. The van der Waals surface area contributed by atoms with Crippen LogP contribution < -0.4 is 5.32 Å². The van der Waals surface area contributed by atoms with Gasteiger partial charge in [-0.1, -0.05) is 12.8 Å². The van der Waals surface area contributed by atoms with Crippen LogP contribution >= 0.6 is 0 Å². The molecule has 3 rings (SSSR count). The average molecular weight is 334 g/mol. The maximum absolute atomic E-state index is 12.4. The molecule has 6 heteroatoms. The van der Waals surface area contributed by atoms with Crippen molar-refractivity contribution in [3.8, 4) is 0 Å². The Morgan fingerprint density at radius 1 is 1.25 bits per heavy atom. The van der Waals surface area contributed by atoms with Crippen molar-refractivity contribution in [2.24, 2.45) is 0 Å². The highest BCUT2D eigenvalue weighted by Gasteiger charge is 2.35. The zero-order valence-corrected chi connectivity index (χ0v) is 14.9. The van der Waals surface area contributed by atoms with E-state index < -0.39 is 6.10 Å². The summed E-state index contributed by atoms with van der Waals surface area (Å²) in [4.78, 5) is 14.8. The van der Waals surface area contributed by atoms with E-state index in [4.69, 9.17) is 0 Å². The van der Waals surface area contributed by atoms with Gasteiger partial charge in [-0.25, -0.2) is 0 Å². The second kappa shape index (κ2) is 7.66. The molecule has 1 amide bonds. The van der Waals surface area contributed by atoms with E-state index in [1.165, 1.54) is 12.8 Å². The van der Waals surface area contributed by atoms with Crippen molar-refractivity contribution in [2.45, 2.75) is 77.1 Å². The fourth-order valence-electron chi connectivity index (χ4n) is 4.18. The van der Waals surface area contributed by atoms with Gasteiger partial charge < -0.3 is 10.4 Å². The fraction of sp³-hybridized carbons (Fsp3) is 0.778. The Hall–Kier alpha value is -1.40. The van der Waals surface area contributed by atoms with E-state index in [0.29, 0.717) is 0 Å². The molecule has 3 atom stereocenters. The minimum Gasteiger partial charge on any atom is -0.389 e. The number of likely N-dealkylation sites (tertiary alicyclic amines) is 1. The monoisotopic (exact) mass is 334 g/mol. The van der Waals surface area contributed by atoms with Crippen molar-refractivity contribution in [2.75, 3.05) is 13.1 Å². The molecule has 2 aliphatic rings. The molecule has 2 fully saturated rings. The molecule has 1 aromatic rings. The third-order valence-electron chi connectivity index (χ3n) is 5.42. The maximum Gasteiger partial charge on any atom is 0.242 e. The number of aliphatic hydroxyl groups excluding tert-OH is 1. The van der Waals surface area contributed by atoms with E-state index in [2.05, 4.69) is 15.3 Å². The molecule has 1 aliphatic carbocycles. The first kappa shape index (κ1) is 17.4. The van der Waals surface area contributed by atoms with Crippen LogP contribution in [0.25, 0.3) is 0 Å². The smallest absolute Gasteiger partial charge is 0.242 e. The highest BCUT2D eigenvalue weighted by molar-refractivity contribution is 5.76. The number of nitrogens with one attached hydrogen (secondary N) is 1. The minimum absolute atomic E-state index is 0.0627. The van der Waals surface area contributed by atoms with E-state index in [-0.39, 0.29) is 24.5 Å². The van der Waals surface area contributed by atoms with Gasteiger partial charge in [0.15, 0.2) is 0 Å². The van der Waals surface area contributed by atoms with Gasteiger partial charge in [0.1, 0.15) is 6.54 Å². The average Bonchev–Trinajstić information content (AvgIpc) is 3.12. The minimum atomic E-state index is -0.477. The number of carbonyl (C=O) groups is 1. The molecule has 0 bridgehead atoms. The highest BCUT2D eigenvalue weighted by Crippen LogP contribution is 2.26.